The zero-order chi connectivity index (χ0) is 19.8. The fourth-order valence-corrected chi connectivity index (χ4v) is 3.17. The summed E-state index contributed by atoms with van der Waals surface area (Å²) in [5, 5.41) is 0. The molecule has 1 heterocycles. The number of hydrogen-bond acceptors (Lipinski definition) is 4. The molecule has 0 aliphatic carbocycles. The average molecular weight is 374 g/mol. The Morgan fingerprint density at radius 2 is 1.56 bits per heavy atom. The second kappa shape index (κ2) is 10.1. The molecule has 1 aromatic carbocycles. The van der Waals surface area contributed by atoms with Crippen molar-refractivity contribution in [1.82, 2.24) is 9.80 Å². The van der Waals surface area contributed by atoms with E-state index in [9.17, 15) is 14.4 Å². The minimum atomic E-state index is -0.333. The number of benzene rings is 1. The summed E-state index contributed by atoms with van der Waals surface area (Å²) in [6.07, 6.45) is 1.07. The predicted molar refractivity (Wildman–Crippen MR) is 104 cm³/mol. The quantitative estimate of drug-likeness (QED) is 0.688. The Morgan fingerprint density at radius 1 is 0.963 bits per heavy atom. The number of carbonyl (C=O) groups excluding carboxylic acids is 3. The van der Waals surface area contributed by atoms with Crippen molar-refractivity contribution < 1.29 is 19.1 Å². The number of piperazine rings is 1. The van der Waals surface area contributed by atoms with E-state index < -0.39 is 0 Å². The maximum atomic E-state index is 12.4. The molecule has 27 heavy (non-hydrogen) atoms. The van der Waals surface area contributed by atoms with Gasteiger partial charge in [0.15, 0.2) is 5.78 Å². The van der Waals surface area contributed by atoms with E-state index in [1.165, 1.54) is 5.56 Å². The molecule has 0 saturated carbocycles. The van der Waals surface area contributed by atoms with Crippen molar-refractivity contribution in [2.45, 2.75) is 40.0 Å². The molecule has 6 nitrogen and oxygen atoms in total. The topological polar surface area (TPSA) is 66.9 Å². The third-order valence-electron chi connectivity index (χ3n) is 4.64. The highest BCUT2D eigenvalue weighted by molar-refractivity contribution is 5.98. The Kier molecular flexibility index (Phi) is 7.82. The Labute approximate surface area is 161 Å². The number of ether oxygens (including phenoxy) is 1. The molecule has 1 saturated heterocycles. The van der Waals surface area contributed by atoms with Crippen LogP contribution in [0.15, 0.2) is 24.3 Å². The molecule has 0 radical (unpaired) electrons. The second-order valence-corrected chi connectivity index (χ2v) is 7.28. The van der Waals surface area contributed by atoms with Crippen LogP contribution in [0.1, 0.15) is 49.5 Å². The van der Waals surface area contributed by atoms with Crippen molar-refractivity contribution in [3.63, 3.8) is 0 Å². The molecule has 6 heteroatoms. The van der Waals surface area contributed by atoms with E-state index in [-0.39, 0.29) is 30.6 Å². The van der Waals surface area contributed by atoms with Gasteiger partial charge in [-0.05, 0) is 24.8 Å². The number of Topliss-reactive ketones (excluding diaryl/α,β-unsaturated/α-hetero) is 1. The molecule has 1 aromatic rings. The molecule has 0 unspecified atom stereocenters. The first-order valence-corrected chi connectivity index (χ1v) is 9.72. The summed E-state index contributed by atoms with van der Waals surface area (Å²) in [6, 6.07) is 7.68. The maximum absolute atomic E-state index is 12.4. The zero-order valence-electron chi connectivity index (χ0n) is 16.6. The number of hydrogen-bond donors (Lipinski definition) is 0. The van der Waals surface area contributed by atoms with Crippen molar-refractivity contribution >= 4 is 17.8 Å². The number of amides is 2. The van der Waals surface area contributed by atoms with Gasteiger partial charge in [-0.25, -0.2) is 4.79 Å². The lowest BCUT2D eigenvalue weighted by molar-refractivity contribution is -0.132. The van der Waals surface area contributed by atoms with E-state index in [1.807, 2.05) is 24.3 Å². The summed E-state index contributed by atoms with van der Waals surface area (Å²) in [6.45, 7) is 8.34. The summed E-state index contributed by atoms with van der Waals surface area (Å²) in [7, 11) is 0. The van der Waals surface area contributed by atoms with E-state index in [0.717, 1.165) is 6.42 Å². The van der Waals surface area contributed by atoms with E-state index in [0.29, 0.717) is 44.3 Å². The highest BCUT2D eigenvalue weighted by atomic mass is 16.6. The van der Waals surface area contributed by atoms with Crippen LogP contribution in [0, 0.1) is 5.92 Å². The van der Waals surface area contributed by atoms with Crippen molar-refractivity contribution in [2.24, 2.45) is 5.92 Å². The lowest BCUT2D eigenvalue weighted by Gasteiger charge is -2.34. The minimum absolute atomic E-state index is 0.00962. The van der Waals surface area contributed by atoms with Gasteiger partial charge in [-0.3, -0.25) is 9.59 Å². The van der Waals surface area contributed by atoms with Gasteiger partial charge in [0.05, 0.1) is 6.61 Å². The maximum Gasteiger partial charge on any atom is 0.409 e. The monoisotopic (exact) mass is 374 g/mol. The van der Waals surface area contributed by atoms with Crippen molar-refractivity contribution in [3.05, 3.63) is 35.4 Å². The third kappa shape index (κ3) is 6.38. The molecule has 1 fully saturated rings. The van der Waals surface area contributed by atoms with Crippen LogP contribution in [0.2, 0.25) is 0 Å². The SMILES string of the molecule is CCOC(=O)N1CCN(C(=O)CCC(=O)c2ccc(CC(C)C)cc2)CC1. The van der Waals surface area contributed by atoms with Crippen LogP contribution in [0.25, 0.3) is 0 Å². The first-order chi connectivity index (χ1) is 12.9. The molecule has 148 valence electrons. The molecule has 0 bridgehead atoms. The summed E-state index contributed by atoms with van der Waals surface area (Å²) < 4.78 is 4.97. The van der Waals surface area contributed by atoms with Crippen LogP contribution in [0.4, 0.5) is 4.79 Å². The van der Waals surface area contributed by atoms with Gasteiger partial charge >= 0.3 is 6.09 Å². The largest absolute Gasteiger partial charge is 0.450 e. The Morgan fingerprint density at radius 3 is 2.11 bits per heavy atom. The fraction of sp³-hybridized carbons (Fsp3) is 0.571. The zero-order valence-corrected chi connectivity index (χ0v) is 16.6. The first kappa shape index (κ1) is 20.9. The van der Waals surface area contributed by atoms with E-state index in [4.69, 9.17) is 4.74 Å². The third-order valence-corrected chi connectivity index (χ3v) is 4.64. The summed E-state index contributed by atoms with van der Waals surface area (Å²) in [5.74, 6) is 0.529. The predicted octanol–water partition coefficient (Wildman–Crippen LogP) is 3.15. The van der Waals surface area contributed by atoms with Gasteiger partial charge in [0.2, 0.25) is 5.91 Å². The normalized spacial score (nSPS) is 14.4. The summed E-state index contributed by atoms with van der Waals surface area (Å²) in [4.78, 5) is 39.7. The number of rotatable bonds is 7. The summed E-state index contributed by atoms with van der Waals surface area (Å²) in [5.41, 5.74) is 1.87. The number of nitrogens with zero attached hydrogens (tertiary/aromatic N) is 2. The Bertz CT molecular complexity index is 647. The van der Waals surface area contributed by atoms with Gasteiger partial charge in [-0.1, -0.05) is 38.1 Å². The van der Waals surface area contributed by atoms with Gasteiger partial charge < -0.3 is 14.5 Å². The van der Waals surface area contributed by atoms with Gasteiger partial charge in [-0.15, -0.1) is 0 Å². The number of carbonyl (C=O) groups is 3. The molecule has 2 amide bonds. The average Bonchev–Trinajstić information content (AvgIpc) is 2.66. The molecule has 0 N–H and O–H groups in total. The molecule has 0 atom stereocenters. The molecule has 1 aliphatic rings. The standard InChI is InChI=1S/C21H30N2O4/c1-4-27-21(26)23-13-11-22(12-14-23)20(25)10-9-19(24)18-7-5-17(6-8-18)15-16(2)3/h5-8,16H,4,9-15H2,1-3H3. The smallest absolute Gasteiger partial charge is 0.409 e. The Balaban J connectivity index is 1.77. The lowest BCUT2D eigenvalue weighted by atomic mass is 9.99. The van der Waals surface area contributed by atoms with Crippen LogP contribution in [-0.2, 0) is 16.0 Å². The second-order valence-electron chi connectivity index (χ2n) is 7.28. The molecule has 0 aromatic heterocycles. The van der Waals surface area contributed by atoms with Crippen LogP contribution in [0.3, 0.4) is 0 Å². The number of ketones is 1. The van der Waals surface area contributed by atoms with E-state index in [2.05, 4.69) is 13.8 Å². The van der Waals surface area contributed by atoms with Gasteiger partial charge in [-0.2, -0.15) is 0 Å². The lowest BCUT2D eigenvalue weighted by Crippen LogP contribution is -2.50. The highest BCUT2D eigenvalue weighted by Crippen LogP contribution is 2.13. The summed E-state index contributed by atoms with van der Waals surface area (Å²) >= 11 is 0. The Hall–Kier alpha value is -2.37. The van der Waals surface area contributed by atoms with Gasteiger partial charge in [0.25, 0.3) is 0 Å². The fourth-order valence-electron chi connectivity index (χ4n) is 3.17. The molecule has 1 aliphatic heterocycles. The molecule has 0 spiro atoms. The van der Waals surface area contributed by atoms with Gasteiger partial charge in [0.1, 0.15) is 0 Å². The van der Waals surface area contributed by atoms with Crippen LogP contribution >= 0.6 is 0 Å². The first-order valence-electron chi connectivity index (χ1n) is 9.72. The van der Waals surface area contributed by atoms with Crippen molar-refractivity contribution in [3.8, 4) is 0 Å². The minimum Gasteiger partial charge on any atom is -0.450 e. The van der Waals surface area contributed by atoms with Crippen LogP contribution in [-0.4, -0.2) is 60.4 Å². The molecular weight excluding hydrogens is 344 g/mol. The molecular formula is C21H30N2O4. The van der Waals surface area contributed by atoms with Crippen molar-refractivity contribution in [1.29, 1.82) is 0 Å². The van der Waals surface area contributed by atoms with E-state index in [1.54, 1.807) is 16.7 Å². The van der Waals surface area contributed by atoms with Gasteiger partial charge in [0, 0.05) is 44.6 Å². The van der Waals surface area contributed by atoms with Crippen LogP contribution in [0.5, 0.6) is 0 Å². The highest BCUT2D eigenvalue weighted by Gasteiger charge is 2.25. The van der Waals surface area contributed by atoms with Crippen molar-refractivity contribution in [2.75, 3.05) is 32.8 Å². The molecule has 2 rings (SSSR count). The van der Waals surface area contributed by atoms with Crippen LogP contribution < -0.4 is 0 Å². The van der Waals surface area contributed by atoms with E-state index >= 15 is 0 Å².